The molecular weight excluding hydrogens is 244 g/mol. The van der Waals surface area contributed by atoms with Gasteiger partial charge in [0.15, 0.2) is 0 Å². The summed E-state index contributed by atoms with van der Waals surface area (Å²) in [6, 6.07) is 12.6. The van der Waals surface area contributed by atoms with E-state index in [2.05, 4.69) is 0 Å². The van der Waals surface area contributed by atoms with E-state index >= 15 is 0 Å². The zero-order valence-corrected chi connectivity index (χ0v) is 10.1. The van der Waals surface area contributed by atoms with Crippen molar-refractivity contribution < 1.29 is 14.6 Å². The molecule has 1 N–H and O–H groups in total. The van der Waals surface area contributed by atoms with Gasteiger partial charge in [-0.3, -0.25) is 0 Å². The Morgan fingerprint density at radius 2 is 2.05 bits per heavy atom. The van der Waals surface area contributed by atoms with Crippen LogP contribution in [0.4, 0.5) is 0 Å². The van der Waals surface area contributed by atoms with Crippen molar-refractivity contribution in [3.8, 4) is 11.8 Å². The minimum Gasteiger partial charge on any atom is -0.487 e. The van der Waals surface area contributed by atoms with E-state index in [-0.39, 0.29) is 18.7 Å². The summed E-state index contributed by atoms with van der Waals surface area (Å²) >= 11 is 0. The standard InChI is InChI=1S/C14H12N2O3/c15-7-9-16-8-6-12(14(17)18)13(16)10-19-11-4-2-1-3-5-11/h1-6,8H,9-10H2,(H,17,18). The van der Waals surface area contributed by atoms with E-state index in [1.165, 1.54) is 6.07 Å². The first-order valence-electron chi connectivity index (χ1n) is 5.68. The van der Waals surface area contributed by atoms with Crippen molar-refractivity contribution in [1.29, 1.82) is 5.26 Å². The van der Waals surface area contributed by atoms with Gasteiger partial charge in [-0.1, -0.05) is 18.2 Å². The van der Waals surface area contributed by atoms with Crippen LogP contribution in [0.15, 0.2) is 42.6 Å². The minimum atomic E-state index is -1.02. The molecule has 1 heterocycles. The van der Waals surface area contributed by atoms with E-state index < -0.39 is 5.97 Å². The molecule has 0 spiro atoms. The zero-order valence-electron chi connectivity index (χ0n) is 10.1. The number of aromatic nitrogens is 1. The number of carboxylic acid groups (broad SMARTS) is 1. The number of hydrogen-bond donors (Lipinski definition) is 1. The number of nitrogens with zero attached hydrogens (tertiary/aromatic N) is 2. The van der Waals surface area contributed by atoms with E-state index in [1.54, 1.807) is 22.9 Å². The number of para-hydroxylation sites is 1. The van der Waals surface area contributed by atoms with E-state index in [1.807, 2.05) is 24.3 Å². The van der Waals surface area contributed by atoms with Crippen LogP contribution in [0.5, 0.6) is 5.75 Å². The lowest BCUT2D eigenvalue weighted by molar-refractivity contribution is 0.0693. The molecule has 2 rings (SSSR count). The van der Waals surface area contributed by atoms with Crippen LogP contribution in [-0.2, 0) is 13.2 Å². The van der Waals surface area contributed by atoms with Crippen molar-refractivity contribution in [3.63, 3.8) is 0 Å². The molecule has 0 aliphatic heterocycles. The lowest BCUT2D eigenvalue weighted by Gasteiger charge is -2.09. The molecule has 5 nitrogen and oxygen atoms in total. The lowest BCUT2D eigenvalue weighted by atomic mass is 10.2. The Hall–Kier alpha value is -2.74. The molecule has 0 aliphatic carbocycles. The molecule has 0 fully saturated rings. The van der Waals surface area contributed by atoms with E-state index in [0.717, 1.165) is 0 Å². The fourth-order valence-corrected chi connectivity index (χ4v) is 1.75. The summed E-state index contributed by atoms with van der Waals surface area (Å²) in [7, 11) is 0. The number of hydrogen-bond acceptors (Lipinski definition) is 3. The Morgan fingerprint density at radius 1 is 1.32 bits per heavy atom. The maximum Gasteiger partial charge on any atom is 0.337 e. The second-order valence-electron chi connectivity index (χ2n) is 3.87. The van der Waals surface area contributed by atoms with E-state index in [9.17, 15) is 4.79 Å². The van der Waals surface area contributed by atoms with Gasteiger partial charge in [0.05, 0.1) is 17.3 Å². The zero-order chi connectivity index (χ0) is 13.7. The van der Waals surface area contributed by atoms with Gasteiger partial charge < -0.3 is 14.4 Å². The Balaban J connectivity index is 2.20. The summed E-state index contributed by atoms with van der Waals surface area (Å²) in [5, 5.41) is 17.8. The van der Waals surface area contributed by atoms with Gasteiger partial charge >= 0.3 is 5.97 Å². The molecule has 0 atom stereocenters. The monoisotopic (exact) mass is 256 g/mol. The molecule has 1 aromatic heterocycles. The molecule has 19 heavy (non-hydrogen) atoms. The first kappa shape index (κ1) is 12.7. The van der Waals surface area contributed by atoms with Crippen LogP contribution < -0.4 is 4.74 Å². The van der Waals surface area contributed by atoms with Gasteiger partial charge in [-0.15, -0.1) is 0 Å². The third-order valence-electron chi connectivity index (χ3n) is 2.67. The van der Waals surface area contributed by atoms with Crippen LogP contribution in [0.25, 0.3) is 0 Å². The predicted octanol–water partition coefficient (Wildman–Crippen LogP) is 2.29. The first-order valence-corrected chi connectivity index (χ1v) is 5.68. The van der Waals surface area contributed by atoms with Crippen LogP contribution in [0.3, 0.4) is 0 Å². The van der Waals surface area contributed by atoms with Crippen molar-refractivity contribution in [1.82, 2.24) is 4.57 Å². The van der Waals surface area contributed by atoms with Crippen LogP contribution >= 0.6 is 0 Å². The van der Waals surface area contributed by atoms with Crippen LogP contribution in [0.1, 0.15) is 16.1 Å². The van der Waals surface area contributed by atoms with Gasteiger partial charge in [0.2, 0.25) is 0 Å². The van der Waals surface area contributed by atoms with Crippen molar-refractivity contribution in [2.24, 2.45) is 0 Å². The summed E-state index contributed by atoms with van der Waals surface area (Å²) in [4.78, 5) is 11.1. The van der Waals surface area contributed by atoms with Gasteiger partial charge in [-0.05, 0) is 18.2 Å². The number of benzene rings is 1. The van der Waals surface area contributed by atoms with E-state index in [0.29, 0.717) is 11.4 Å². The Kier molecular flexibility index (Phi) is 3.84. The number of rotatable bonds is 5. The number of nitriles is 1. The molecule has 0 saturated carbocycles. The third-order valence-corrected chi connectivity index (χ3v) is 2.67. The van der Waals surface area contributed by atoms with Gasteiger partial charge in [-0.2, -0.15) is 5.26 Å². The highest BCUT2D eigenvalue weighted by atomic mass is 16.5. The quantitative estimate of drug-likeness (QED) is 0.890. The van der Waals surface area contributed by atoms with Crippen LogP contribution in [0, 0.1) is 11.3 Å². The Bertz CT molecular complexity index is 611. The maximum atomic E-state index is 11.1. The van der Waals surface area contributed by atoms with Crippen molar-refractivity contribution in [3.05, 3.63) is 53.9 Å². The molecule has 0 radical (unpaired) electrons. The van der Waals surface area contributed by atoms with Crippen molar-refractivity contribution in [2.45, 2.75) is 13.2 Å². The highest BCUT2D eigenvalue weighted by Crippen LogP contribution is 2.16. The molecule has 5 heteroatoms. The SMILES string of the molecule is N#CCn1ccc(C(=O)O)c1COc1ccccc1. The number of ether oxygens (including phenoxy) is 1. The summed E-state index contributed by atoms with van der Waals surface area (Å²) in [5.74, 6) is -0.369. The van der Waals surface area contributed by atoms with E-state index in [4.69, 9.17) is 15.1 Å². The molecule has 2 aromatic rings. The lowest BCUT2D eigenvalue weighted by Crippen LogP contribution is -2.09. The minimum absolute atomic E-state index is 0.0980. The van der Waals surface area contributed by atoms with Gasteiger partial charge in [-0.25, -0.2) is 4.79 Å². The highest BCUT2D eigenvalue weighted by Gasteiger charge is 2.15. The fourth-order valence-electron chi connectivity index (χ4n) is 1.75. The number of aromatic carboxylic acids is 1. The predicted molar refractivity (Wildman–Crippen MR) is 67.8 cm³/mol. The van der Waals surface area contributed by atoms with Gasteiger partial charge in [0, 0.05) is 6.20 Å². The smallest absolute Gasteiger partial charge is 0.337 e. The van der Waals surface area contributed by atoms with Crippen LogP contribution in [-0.4, -0.2) is 15.6 Å². The summed E-state index contributed by atoms with van der Waals surface area (Å²) in [5.41, 5.74) is 0.643. The Labute approximate surface area is 110 Å². The topological polar surface area (TPSA) is 75.2 Å². The number of carboxylic acids is 1. The molecule has 0 unspecified atom stereocenters. The maximum absolute atomic E-state index is 11.1. The summed E-state index contributed by atoms with van der Waals surface area (Å²) in [6.07, 6.45) is 1.58. The second kappa shape index (κ2) is 5.74. The van der Waals surface area contributed by atoms with Gasteiger partial charge in [0.1, 0.15) is 18.9 Å². The summed E-state index contributed by atoms with van der Waals surface area (Å²) < 4.78 is 7.11. The third kappa shape index (κ3) is 2.93. The average molecular weight is 256 g/mol. The molecule has 0 aliphatic rings. The summed E-state index contributed by atoms with van der Waals surface area (Å²) in [6.45, 7) is 0.209. The van der Waals surface area contributed by atoms with Crippen molar-refractivity contribution in [2.75, 3.05) is 0 Å². The van der Waals surface area contributed by atoms with Crippen molar-refractivity contribution >= 4 is 5.97 Å². The second-order valence-corrected chi connectivity index (χ2v) is 3.87. The average Bonchev–Trinajstić information content (AvgIpc) is 2.81. The molecule has 0 saturated heterocycles. The van der Waals surface area contributed by atoms with Gasteiger partial charge in [0.25, 0.3) is 0 Å². The molecule has 0 amide bonds. The molecule has 96 valence electrons. The van der Waals surface area contributed by atoms with Crippen LogP contribution in [0.2, 0.25) is 0 Å². The number of carbonyl (C=O) groups is 1. The largest absolute Gasteiger partial charge is 0.487 e. The molecular formula is C14H12N2O3. The molecule has 0 bridgehead atoms. The Morgan fingerprint density at radius 3 is 2.68 bits per heavy atom. The normalized spacial score (nSPS) is 9.84. The molecule has 1 aromatic carbocycles. The first-order chi connectivity index (χ1) is 9.22. The highest BCUT2D eigenvalue weighted by molar-refractivity contribution is 5.89. The fraction of sp³-hybridized carbons (Fsp3) is 0.143.